The van der Waals surface area contributed by atoms with Crippen molar-refractivity contribution in [2.24, 2.45) is 29.1 Å². The summed E-state index contributed by atoms with van der Waals surface area (Å²) in [4.78, 5) is 24.2. The van der Waals surface area contributed by atoms with Crippen LogP contribution in [0.5, 0.6) is 0 Å². The molecule has 4 aliphatic rings. The highest BCUT2D eigenvalue weighted by Gasteiger charge is 2.57. The maximum absolute atomic E-state index is 12.5. The summed E-state index contributed by atoms with van der Waals surface area (Å²) in [5, 5.41) is 0. The first-order chi connectivity index (χ1) is 10.2. The van der Waals surface area contributed by atoms with Crippen molar-refractivity contribution >= 4 is 11.6 Å². The summed E-state index contributed by atoms with van der Waals surface area (Å²) in [7, 11) is 0. The van der Waals surface area contributed by atoms with Crippen molar-refractivity contribution in [1.82, 2.24) is 0 Å². The molecule has 0 unspecified atom stereocenters. The molecule has 2 heteroatoms. The van der Waals surface area contributed by atoms with Gasteiger partial charge in [-0.15, -0.1) is 0 Å². The molecule has 0 amide bonds. The van der Waals surface area contributed by atoms with Crippen molar-refractivity contribution in [3.8, 4) is 0 Å². The number of carbonyl (C=O) groups is 2. The molecule has 2 nitrogen and oxygen atoms in total. The van der Waals surface area contributed by atoms with Crippen LogP contribution in [0.2, 0.25) is 0 Å². The lowest BCUT2D eigenvalue weighted by atomic mass is 9.51. The van der Waals surface area contributed by atoms with Crippen molar-refractivity contribution in [3.63, 3.8) is 0 Å². The first-order valence-corrected chi connectivity index (χ1v) is 8.92. The molecule has 0 spiro atoms. The van der Waals surface area contributed by atoms with Crippen LogP contribution in [0.25, 0.3) is 0 Å². The van der Waals surface area contributed by atoms with Gasteiger partial charge in [0, 0.05) is 18.3 Å². The molecule has 0 aromatic carbocycles. The molecule has 3 saturated carbocycles. The average molecular weight is 286 g/mol. The summed E-state index contributed by atoms with van der Waals surface area (Å²) < 4.78 is 0. The Kier molecular flexibility index (Phi) is 3.13. The quantitative estimate of drug-likeness (QED) is 0.727. The van der Waals surface area contributed by atoms with Crippen LogP contribution in [-0.4, -0.2) is 11.6 Å². The Balaban J connectivity index is 1.65. The molecule has 114 valence electrons. The van der Waals surface area contributed by atoms with Gasteiger partial charge in [0.25, 0.3) is 0 Å². The maximum atomic E-state index is 12.5. The van der Waals surface area contributed by atoms with E-state index in [1.165, 1.54) is 18.4 Å². The van der Waals surface area contributed by atoms with Gasteiger partial charge >= 0.3 is 0 Å². The van der Waals surface area contributed by atoms with E-state index in [1.807, 2.05) is 6.08 Å². The van der Waals surface area contributed by atoms with Gasteiger partial charge in [0.15, 0.2) is 5.78 Å². The highest BCUT2D eigenvalue weighted by Crippen LogP contribution is 2.61. The molecule has 3 fully saturated rings. The average Bonchev–Trinajstić information content (AvgIpc) is 2.84. The Hall–Kier alpha value is -0.920. The number of Topliss-reactive ketones (excluding diaryl/α,β-unsaturated/α-hetero) is 1. The molecule has 4 rings (SSSR count). The van der Waals surface area contributed by atoms with Gasteiger partial charge < -0.3 is 0 Å². The van der Waals surface area contributed by atoms with Crippen molar-refractivity contribution in [1.29, 1.82) is 0 Å². The lowest BCUT2D eigenvalue weighted by Gasteiger charge is -2.52. The number of hydrogen-bond acceptors (Lipinski definition) is 2. The van der Waals surface area contributed by atoms with Crippen LogP contribution >= 0.6 is 0 Å². The van der Waals surface area contributed by atoms with Crippen molar-refractivity contribution in [3.05, 3.63) is 11.6 Å². The number of ketones is 2. The van der Waals surface area contributed by atoms with Crippen molar-refractivity contribution in [2.75, 3.05) is 0 Å². The topological polar surface area (TPSA) is 34.1 Å². The van der Waals surface area contributed by atoms with Gasteiger partial charge in [0.2, 0.25) is 0 Å². The third-order valence-corrected chi connectivity index (χ3v) is 7.38. The standard InChI is InChI=1S/C19H26O2/c1-2-19-10-9-15-14-6-4-13(20)11-12(14)3-5-16(15)17(19)7-8-18(19)21/h11,14-17H,2-10H2,1H3/t14-,15+,16+,17-,19-/m0/s1. The molecule has 0 aromatic heterocycles. The molecular formula is C19H26O2. The summed E-state index contributed by atoms with van der Waals surface area (Å²) in [6.45, 7) is 2.23. The first kappa shape index (κ1) is 13.7. The fourth-order valence-electron chi connectivity index (χ4n) is 6.40. The van der Waals surface area contributed by atoms with Crippen LogP contribution in [0.1, 0.15) is 64.7 Å². The van der Waals surface area contributed by atoms with E-state index >= 15 is 0 Å². The highest BCUT2D eigenvalue weighted by molar-refractivity contribution is 5.91. The molecule has 4 aliphatic carbocycles. The Morgan fingerprint density at radius 3 is 2.71 bits per heavy atom. The fraction of sp³-hybridized carbons (Fsp3) is 0.789. The third kappa shape index (κ3) is 1.83. The normalized spacial score (nSPS) is 45.7. The number of carbonyl (C=O) groups excluding carboxylic acids is 2. The van der Waals surface area contributed by atoms with E-state index < -0.39 is 0 Å². The zero-order valence-electron chi connectivity index (χ0n) is 13.1. The minimum absolute atomic E-state index is 0.0346. The largest absolute Gasteiger partial charge is 0.299 e. The summed E-state index contributed by atoms with van der Waals surface area (Å²) in [5.74, 6) is 3.72. The van der Waals surface area contributed by atoms with Gasteiger partial charge in [-0.3, -0.25) is 9.59 Å². The van der Waals surface area contributed by atoms with E-state index in [1.54, 1.807) is 0 Å². The Labute approximate surface area is 127 Å². The number of rotatable bonds is 1. The third-order valence-electron chi connectivity index (χ3n) is 7.38. The molecule has 0 heterocycles. The van der Waals surface area contributed by atoms with Crippen LogP contribution in [0, 0.1) is 29.1 Å². The summed E-state index contributed by atoms with van der Waals surface area (Å²) in [6.07, 6.45) is 11.5. The van der Waals surface area contributed by atoms with Crippen LogP contribution in [0.15, 0.2) is 11.6 Å². The molecular weight excluding hydrogens is 260 g/mol. The zero-order valence-corrected chi connectivity index (χ0v) is 13.1. The number of hydrogen-bond donors (Lipinski definition) is 0. The Morgan fingerprint density at radius 1 is 1.05 bits per heavy atom. The number of allylic oxidation sites excluding steroid dienone is 1. The van der Waals surface area contributed by atoms with Gasteiger partial charge in [-0.05, 0) is 74.7 Å². The molecule has 21 heavy (non-hydrogen) atoms. The van der Waals surface area contributed by atoms with Crippen LogP contribution in [0.3, 0.4) is 0 Å². The minimum atomic E-state index is 0.0346. The fourth-order valence-corrected chi connectivity index (χ4v) is 6.40. The lowest BCUT2D eigenvalue weighted by Crippen LogP contribution is -2.47. The predicted molar refractivity (Wildman–Crippen MR) is 81.7 cm³/mol. The smallest absolute Gasteiger partial charge is 0.155 e. The van der Waals surface area contributed by atoms with Crippen LogP contribution < -0.4 is 0 Å². The molecule has 0 saturated heterocycles. The molecule has 5 atom stereocenters. The molecule has 0 N–H and O–H groups in total. The first-order valence-electron chi connectivity index (χ1n) is 8.92. The van der Waals surface area contributed by atoms with E-state index in [0.717, 1.165) is 56.8 Å². The molecule has 0 radical (unpaired) electrons. The maximum Gasteiger partial charge on any atom is 0.155 e. The van der Waals surface area contributed by atoms with Crippen LogP contribution in [-0.2, 0) is 9.59 Å². The Bertz CT molecular complexity index is 518. The second-order valence-corrected chi connectivity index (χ2v) is 7.81. The van der Waals surface area contributed by atoms with Crippen molar-refractivity contribution in [2.45, 2.75) is 64.7 Å². The second kappa shape index (κ2) is 4.79. The highest BCUT2D eigenvalue weighted by atomic mass is 16.1. The second-order valence-electron chi connectivity index (χ2n) is 7.81. The van der Waals surface area contributed by atoms with E-state index in [0.29, 0.717) is 23.4 Å². The van der Waals surface area contributed by atoms with E-state index in [9.17, 15) is 9.59 Å². The van der Waals surface area contributed by atoms with Crippen LogP contribution in [0.4, 0.5) is 0 Å². The summed E-state index contributed by atoms with van der Waals surface area (Å²) in [5.41, 5.74) is 1.48. The molecule has 0 aliphatic heterocycles. The SMILES string of the molecule is CC[C@]12CC[C@H]3[C@@H](CCC4=CC(=O)CC[C@@H]43)[C@@H]1CCC2=O. The van der Waals surface area contributed by atoms with E-state index in [-0.39, 0.29) is 5.41 Å². The lowest BCUT2D eigenvalue weighted by molar-refractivity contribution is -0.133. The van der Waals surface area contributed by atoms with Crippen molar-refractivity contribution < 1.29 is 9.59 Å². The molecule has 0 aromatic rings. The minimum Gasteiger partial charge on any atom is -0.299 e. The number of fused-ring (bicyclic) bond motifs is 5. The summed E-state index contributed by atoms with van der Waals surface area (Å²) in [6, 6.07) is 0. The summed E-state index contributed by atoms with van der Waals surface area (Å²) >= 11 is 0. The van der Waals surface area contributed by atoms with Gasteiger partial charge in [-0.2, -0.15) is 0 Å². The Morgan fingerprint density at radius 2 is 1.90 bits per heavy atom. The van der Waals surface area contributed by atoms with E-state index in [2.05, 4.69) is 6.92 Å². The predicted octanol–water partition coefficient (Wildman–Crippen LogP) is 4.09. The molecule has 0 bridgehead atoms. The van der Waals surface area contributed by atoms with Gasteiger partial charge in [-0.1, -0.05) is 12.5 Å². The monoisotopic (exact) mass is 286 g/mol. The van der Waals surface area contributed by atoms with Gasteiger partial charge in [0.1, 0.15) is 5.78 Å². The van der Waals surface area contributed by atoms with Gasteiger partial charge in [-0.25, -0.2) is 0 Å². The van der Waals surface area contributed by atoms with Gasteiger partial charge in [0.05, 0.1) is 0 Å². The zero-order chi connectivity index (χ0) is 14.6. The van der Waals surface area contributed by atoms with E-state index in [4.69, 9.17) is 0 Å².